The standard InChI is InChI=1S/C15H18O/c1-2-12-7-9-13(10-8-12)11-14-5-3-4-6-15(14)16/h7-11H,2-6H2,1H3/b14-11+. The molecule has 0 spiro atoms. The molecule has 0 amide bonds. The highest BCUT2D eigenvalue weighted by atomic mass is 16.1. The third-order valence-electron chi connectivity index (χ3n) is 3.19. The number of carbonyl (C=O) groups excluding carboxylic acids is 1. The Morgan fingerprint density at radius 3 is 2.44 bits per heavy atom. The van der Waals surface area contributed by atoms with Crippen molar-refractivity contribution in [2.24, 2.45) is 0 Å². The van der Waals surface area contributed by atoms with Gasteiger partial charge in [-0.2, -0.15) is 0 Å². The van der Waals surface area contributed by atoms with Gasteiger partial charge in [0.2, 0.25) is 0 Å². The highest BCUT2D eigenvalue weighted by Crippen LogP contribution is 2.22. The minimum atomic E-state index is 0.339. The van der Waals surface area contributed by atoms with Crippen LogP contribution in [-0.2, 0) is 11.2 Å². The van der Waals surface area contributed by atoms with E-state index in [9.17, 15) is 4.79 Å². The molecular formula is C15H18O. The summed E-state index contributed by atoms with van der Waals surface area (Å²) in [6, 6.07) is 8.49. The number of allylic oxidation sites excluding steroid dienone is 1. The fourth-order valence-corrected chi connectivity index (χ4v) is 2.10. The average molecular weight is 214 g/mol. The van der Waals surface area contributed by atoms with Gasteiger partial charge in [-0.1, -0.05) is 31.2 Å². The first-order valence-electron chi connectivity index (χ1n) is 6.12. The predicted molar refractivity (Wildman–Crippen MR) is 67.3 cm³/mol. The highest BCUT2D eigenvalue weighted by molar-refractivity contribution is 6.00. The molecule has 0 heterocycles. The second-order valence-electron chi connectivity index (χ2n) is 4.39. The number of benzene rings is 1. The molecule has 1 heteroatoms. The largest absolute Gasteiger partial charge is 0.295 e. The highest BCUT2D eigenvalue weighted by Gasteiger charge is 2.14. The third kappa shape index (κ3) is 2.60. The van der Waals surface area contributed by atoms with Crippen LogP contribution in [0.3, 0.4) is 0 Å². The molecule has 0 radical (unpaired) electrons. The quantitative estimate of drug-likeness (QED) is 0.685. The zero-order chi connectivity index (χ0) is 11.4. The smallest absolute Gasteiger partial charge is 0.158 e. The van der Waals surface area contributed by atoms with Gasteiger partial charge >= 0.3 is 0 Å². The fourth-order valence-electron chi connectivity index (χ4n) is 2.10. The molecule has 0 aliphatic heterocycles. The van der Waals surface area contributed by atoms with Crippen molar-refractivity contribution in [1.82, 2.24) is 0 Å². The zero-order valence-electron chi connectivity index (χ0n) is 9.83. The number of aryl methyl sites for hydroxylation is 1. The molecule has 0 N–H and O–H groups in total. The normalized spacial score (nSPS) is 19.1. The number of Topliss-reactive ketones (excluding diaryl/α,β-unsaturated/α-hetero) is 1. The molecule has 1 nitrogen and oxygen atoms in total. The van der Waals surface area contributed by atoms with E-state index in [1.165, 1.54) is 5.56 Å². The van der Waals surface area contributed by atoms with Crippen LogP contribution < -0.4 is 0 Å². The van der Waals surface area contributed by atoms with Crippen LogP contribution in [0.15, 0.2) is 29.8 Å². The van der Waals surface area contributed by atoms with E-state index in [-0.39, 0.29) is 0 Å². The SMILES string of the molecule is CCc1ccc(/C=C2\CCCCC2=O)cc1. The van der Waals surface area contributed by atoms with E-state index >= 15 is 0 Å². The van der Waals surface area contributed by atoms with Gasteiger partial charge in [-0.05, 0) is 48.5 Å². The van der Waals surface area contributed by atoms with Crippen molar-refractivity contribution in [2.75, 3.05) is 0 Å². The number of ketones is 1. The summed E-state index contributed by atoms with van der Waals surface area (Å²) in [6.45, 7) is 2.15. The molecule has 0 unspecified atom stereocenters. The molecular weight excluding hydrogens is 196 g/mol. The van der Waals surface area contributed by atoms with Gasteiger partial charge in [0.05, 0.1) is 0 Å². The van der Waals surface area contributed by atoms with Gasteiger partial charge in [0.15, 0.2) is 5.78 Å². The zero-order valence-corrected chi connectivity index (χ0v) is 9.83. The van der Waals surface area contributed by atoms with E-state index < -0.39 is 0 Å². The van der Waals surface area contributed by atoms with Crippen LogP contribution in [0, 0.1) is 0 Å². The van der Waals surface area contributed by atoms with Crippen LogP contribution in [0.25, 0.3) is 6.08 Å². The molecule has 1 saturated carbocycles. The molecule has 1 aliphatic rings. The summed E-state index contributed by atoms with van der Waals surface area (Å²) < 4.78 is 0. The number of hydrogen-bond acceptors (Lipinski definition) is 1. The predicted octanol–water partition coefficient (Wildman–Crippen LogP) is 3.78. The summed E-state index contributed by atoms with van der Waals surface area (Å²) in [6.07, 6.45) is 7.03. The molecule has 2 rings (SSSR count). The van der Waals surface area contributed by atoms with E-state index in [0.717, 1.165) is 43.2 Å². The van der Waals surface area contributed by atoms with Gasteiger partial charge in [0, 0.05) is 6.42 Å². The molecule has 1 aliphatic carbocycles. The number of hydrogen-bond donors (Lipinski definition) is 0. The summed E-state index contributed by atoms with van der Waals surface area (Å²) in [7, 11) is 0. The van der Waals surface area contributed by atoms with Crippen LogP contribution in [0.1, 0.15) is 43.7 Å². The molecule has 1 fully saturated rings. The van der Waals surface area contributed by atoms with Gasteiger partial charge in [0.25, 0.3) is 0 Å². The van der Waals surface area contributed by atoms with E-state index in [1.54, 1.807) is 0 Å². The van der Waals surface area contributed by atoms with Crippen LogP contribution >= 0.6 is 0 Å². The van der Waals surface area contributed by atoms with E-state index in [0.29, 0.717) is 5.78 Å². The molecule has 0 bridgehead atoms. The monoisotopic (exact) mass is 214 g/mol. The van der Waals surface area contributed by atoms with Crippen molar-refractivity contribution in [3.63, 3.8) is 0 Å². The molecule has 0 aromatic heterocycles. The maximum absolute atomic E-state index is 11.7. The Morgan fingerprint density at radius 2 is 1.81 bits per heavy atom. The van der Waals surface area contributed by atoms with Crippen LogP contribution in [0.4, 0.5) is 0 Å². The Bertz CT molecular complexity index is 398. The van der Waals surface area contributed by atoms with Crippen molar-refractivity contribution in [2.45, 2.75) is 39.0 Å². The second kappa shape index (κ2) is 5.11. The van der Waals surface area contributed by atoms with Crippen molar-refractivity contribution in [3.8, 4) is 0 Å². The molecule has 0 atom stereocenters. The van der Waals surface area contributed by atoms with Gasteiger partial charge in [-0.25, -0.2) is 0 Å². The maximum atomic E-state index is 11.7. The fraction of sp³-hybridized carbons (Fsp3) is 0.400. The summed E-state index contributed by atoms with van der Waals surface area (Å²) in [5.74, 6) is 0.339. The van der Waals surface area contributed by atoms with E-state index in [1.807, 2.05) is 0 Å². The Kier molecular flexibility index (Phi) is 3.55. The minimum absolute atomic E-state index is 0.339. The van der Waals surface area contributed by atoms with Gasteiger partial charge in [-0.3, -0.25) is 4.79 Å². The lowest BCUT2D eigenvalue weighted by Crippen LogP contribution is -2.07. The van der Waals surface area contributed by atoms with Crippen LogP contribution in [0.2, 0.25) is 0 Å². The first-order valence-corrected chi connectivity index (χ1v) is 6.12. The van der Waals surface area contributed by atoms with Crippen molar-refractivity contribution in [3.05, 3.63) is 41.0 Å². The van der Waals surface area contributed by atoms with Crippen LogP contribution in [-0.4, -0.2) is 5.78 Å². The second-order valence-corrected chi connectivity index (χ2v) is 4.39. The van der Waals surface area contributed by atoms with Gasteiger partial charge < -0.3 is 0 Å². The van der Waals surface area contributed by atoms with Crippen molar-refractivity contribution in [1.29, 1.82) is 0 Å². The summed E-state index contributed by atoms with van der Waals surface area (Å²) in [5.41, 5.74) is 3.51. The number of rotatable bonds is 2. The van der Waals surface area contributed by atoms with Gasteiger partial charge in [0.1, 0.15) is 0 Å². The van der Waals surface area contributed by atoms with Crippen molar-refractivity contribution < 1.29 is 4.79 Å². The first-order chi connectivity index (χ1) is 7.79. The Morgan fingerprint density at radius 1 is 1.12 bits per heavy atom. The molecule has 84 valence electrons. The molecule has 16 heavy (non-hydrogen) atoms. The third-order valence-corrected chi connectivity index (χ3v) is 3.19. The lowest BCUT2D eigenvalue weighted by molar-refractivity contribution is -0.116. The molecule has 1 aromatic carbocycles. The summed E-state index contributed by atoms with van der Waals surface area (Å²) in [5, 5.41) is 0. The minimum Gasteiger partial charge on any atom is -0.295 e. The van der Waals surface area contributed by atoms with E-state index in [4.69, 9.17) is 0 Å². The van der Waals surface area contributed by atoms with E-state index in [2.05, 4.69) is 37.3 Å². The Labute approximate surface area is 97.2 Å². The maximum Gasteiger partial charge on any atom is 0.158 e. The average Bonchev–Trinajstić information content (AvgIpc) is 2.33. The topological polar surface area (TPSA) is 17.1 Å². The molecule has 1 aromatic rings. The summed E-state index contributed by atoms with van der Waals surface area (Å²) >= 11 is 0. The summed E-state index contributed by atoms with van der Waals surface area (Å²) in [4.78, 5) is 11.7. The van der Waals surface area contributed by atoms with Crippen molar-refractivity contribution >= 4 is 11.9 Å². The number of carbonyl (C=O) groups is 1. The van der Waals surface area contributed by atoms with Gasteiger partial charge in [-0.15, -0.1) is 0 Å². The van der Waals surface area contributed by atoms with Crippen LogP contribution in [0.5, 0.6) is 0 Å². The lowest BCUT2D eigenvalue weighted by atomic mass is 9.92. The Hall–Kier alpha value is -1.37. The molecule has 0 saturated heterocycles. The lowest BCUT2D eigenvalue weighted by Gasteiger charge is -2.12. The Balaban J connectivity index is 2.17. The first kappa shape index (κ1) is 11.1.